The molecule has 0 unspecified atom stereocenters. The van der Waals surface area contributed by atoms with Gasteiger partial charge in [0.15, 0.2) is 5.58 Å². The number of fused-ring (bicyclic) bond motifs is 3. The molecule has 0 bridgehead atoms. The number of anilines is 2. The molecule has 0 radical (unpaired) electrons. The van der Waals surface area contributed by atoms with Crippen LogP contribution in [0.25, 0.3) is 11.0 Å². The van der Waals surface area contributed by atoms with E-state index < -0.39 is 5.91 Å². The molecule has 10 heteroatoms. The van der Waals surface area contributed by atoms with Gasteiger partial charge in [0.1, 0.15) is 5.76 Å². The number of para-hydroxylation sites is 1. The highest BCUT2D eigenvalue weighted by Crippen LogP contribution is 2.37. The normalized spacial score (nSPS) is 13.1. The summed E-state index contributed by atoms with van der Waals surface area (Å²) in [4.78, 5) is 28.0. The zero-order valence-corrected chi connectivity index (χ0v) is 22.5. The van der Waals surface area contributed by atoms with Crippen LogP contribution in [0.2, 0.25) is 10.0 Å². The first-order chi connectivity index (χ1) is 17.9. The van der Waals surface area contributed by atoms with Gasteiger partial charge in [0.2, 0.25) is 5.91 Å². The van der Waals surface area contributed by atoms with Gasteiger partial charge in [0, 0.05) is 44.7 Å². The Morgan fingerprint density at radius 2 is 1.70 bits per heavy atom. The predicted molar refractivity (Wildman–Crippen MR) is 146 cm³/mol. The third-order valence-electron chi connectivity index (χ3n) is 6.41. The van der Waals surface area contributed by atoms with E-state index in [1.165, 1.54) is 11.6 Å². The smallest absolute Gasteiger partial charge is 0.258 e. The van der Waals surface area contributed by atoms with Gasteiger partial charge in [0.25, 0.3) is 5.91 Å². The molecule has 1 aromatic heterocycles. The number of aryl methyl sites for hydroxylation is 2. The van der Waals surface area contributed by atoms with E-state index >= 15 is 0 Å². The van der Waals surface area contributed by atoms with Crippen LogP contribution in [0, 0.1) is 0 Å². The van der Waals surface area contributed by atoms with Crippen molar-refractivity contribution in [2.45, 2.75) is 25.7 Å². The molecule has 0 aliphatic heterocycles. The highest BCUT2D eigenvalue weighted by Gasteiger charge is 2.23. The Balaban J connectivity index is 1.52. The molecular weight excluding hydrogens is 517 g/mol. The molecule has 1 heterocycles. The number of hydrogen-bond acceptors (Lipinski definition) is 6. The summed E-state index contributed by atoms with van der Waals surface area (Å²) in [5.41, 5.74) is 2.77. The Bertz CT molecular complexity index is 1270. The van der Waals surface area contributed by atoms with E-state index in [4.69, 9.17) is 37.1 Å². The lowest BCUT2D eigenvalue weighted by molar-refractivity contribution is -0.117. The highest BCUT2D eigenvalue weighted by molar-refractivity contribution is 6.42. The van der Waals surface area contributed by atoms with Crippen molar-refractivity contribution in [3.63, 3.8) is 0 Å². The molecule has 1 aliphatic carbocycles. The number of nitrogens with zero attached hydrogens (tertiary/aromatic N) is 1. The highest BCUT2D eigenvalue weighted by atomic mass is 35.5. The van der Waals surface area contributed by atoms with Crippen LogP contribution < -0.4 is 10.6 Å². The van der Waals surface area contributed by atoms with Gasteiger partial charge in [-0.2, -0.15) is 0 Å². The fourth-order valence-corrected chi connectivity index (χ4v) is 5.12. The van der Waals surface area contributed by atoms with Crippen molar-refractivity contribution in [1.82, 2.24) is 4.90 Å². The zero-order valence-electron chi connectivity index (χ0n) is 21.0. The number of methoxy groups -OCH3 is 2. The van der Waals surface area contributed by atoms with E-state index in [1.807, 2.05) is 17.0 Å². The number of halogens is 2. The minimum Gasteiger partial charge on any atom is -0.459 e. The minimum absolute atomic E-state index is 0.0598. The molecule has 0 saturated carbocycles. The minimum atomic E-state index is -0.491. The Morgan fingerprint density at radius 1 is 0.973 bits per heavy atom. The van der Waals surface area contributed by atoms with Crippen molar-refractivity contribution in [3.8, 4) is 0 Å². The molecule has 2 aromatic carbocycles. The van der Waals surface area contributed by atoms with E-state index in [0.717, 1.165) is 36.8 Å². The van der Waals surface area contributed by atoms with Gasteiger partial charge >= 0.3 is 0 Å². The maximum atomic E-state index is 13.3. The van der Waals surface area contributed by atoms with Gasteiger partial charge in [-0.3, -0.25) is 14.5 Å². The van der Waals surface area contributed by atoms with Crippen LogP contribution >= 0.6 is 23.2 Å². The standard InChI is InChI=1S/C27H31Cl2N3O5/c1-35-14-12-32(13-15-36-2)16-23(33)30-20-11-10-19(28)24(25(20)29)27(34)31-21-8-5-7-18-17-6-3-4-9-22(17)37-26(18)21/h5,7-8,10-11H,3-4,6,9,12-16H2,1-2H3,(H,30,33)(H,31,34). The Hall–Kier alpha value is -2.62. The van der Waals surface area contributed by atoms with E-state index in [2.05, 4.69) is 10.6 Å². The second-order valence-electron chi connectivity index (χ2n) is 8.94. The van der Waals surface area contributed by atoms with Crippen LogP contribution in [0.5, 0.6) is 0 Å². The van der Waals surface area contributed by atoms with Gasteiger partial charge in [-0.25, -0.2) is 0 Å². The molecule has 3 aromatic rings. The van der Waals surface area contributed by atoms with Crippen molar-refractivity contribution in [3.05, 3.63) is 57.3 Å². The number of nitrogens with one attached hydrogen (secondary N) is 2. The SMILES string of the molecule is COCCN(CCOC)CC(=O)Nc1ccc(Cl)c(C(=O)Nc2cccc3c4c(oc23)CCCC4)c1Cl. The second kappa shape index (κ2) is 12.8. The average Bonchev–Trinajstić information content (AvgIpc) is 3.27. The van der Waals surface area contributed by atoms with Crippen molar-refractivity contribution in [2.24, 2.45) is 0 Å². The van der Waals surface area contributed by atoms with Crippen LogP contribution in [-0.4, -0.2) is 63.8 Å². The summed E-state index contributed by atoms with van der Waals surface area (Å²) in [5.74, 6) is 0.206. The molecule has 8 nitrogen and oxygen atoms in total. The quantitative estimate of drug-likeness (QED) is 0.333. The Kier molecular flexibility index (Phi) is 9.45. The summed E-state index contributed by atoms with van der Waals surface area (Å²) in [6, 6.07) is 8.81. The monoisotopic (exact) mass is 547 g/mol. The number of hydrogen-bond donors (Lipinski definition) is 2. The lowest BCUT2D eigenvalue weighted by atomic mass is 9.96. The van der Waals surface area contributed by atoms with E-state index in [9.17, 15) is 9.59 Å². The second-order valence-corrected chi connectivity index (χ2v) is 9.73. The van der Waals surface area contributed by atoms with Gasteiger partial charge in [0.05, 0.1) is 46.7 Å². The maximum absolute atomic E-state index is 13.3. The van der Waals surface area contributed by atoms with Crippen LogP contribution in [0.4, 0.5) is 11.4 Å². The summed E-state index contributed by atoms with van der Waals surface area (Å²) in [6.45, 7) is 2.20. The molecule has 0 spiro atoms. The first-order valence-electron chi connectivity index (χ1n) is 12.3. The number of furan rings is 1. The summed E-state index contributed by atoms with van der Waals surface area (Å²) >= 11 is 13.0. The van der Waals surface area contributed by atoms with Crippen molar-refractivity contribution in [1.29, 1.82) is 0 Å². The summed E-state index contributed by atoms with van der Waals surface area (Å²) in [6.07, 6.45) is 4.08. The first-order valence-corrected chi connectivity index (χ1v) is 13.0. The van der Waals surface area contributed by atoms with E-state index in [0.29, 0.717) is 43.3 Å². The van der Waals surface area contributed by atoms with Gasteiger partial charge < -0.3 is 24.5 Å². The van der Waals surface area contributed by atoms with Crippen LogP contribution in [-0.2, 0) is 27.1 Å². The maximum Gasteiger partial charge on any atom is 0.258 e. The fourth-order valence-electron chi connectivity index (χ4n) is 4.53. The van der Waals surface area contributed by atoms with Gasteiger partial charge in [-0.05, 0) is 37.5 Å². The number of benzene rings is 2. The fraction of sp³-hybridized carbons (Fsp3) is 0.407. The Labute approximate surface area is 226 Å². The molecule has 198 valence electrons. The molecule has 2 N–H and O–H groups in total. The topological polar surface area (TPSA) is 93.0 Å². The van der Waals surface area contributed by atoms with E-state index in [1.54, 1.807) is 26.4 Å². The van der Waals surface area contributed by atoms with Crippen LogP contribution in [0.15, 0.2) is 34.7 Å². The summed E-state index contributed by atoms with van der Waals surface area (Å²) < 4.78 is 16.4. The number of rotatable bonds is 11. The molecule has 1 aliphatic rings. The molecule has 0 atom stereocenters. The summed E-state index contributed by atoms with van der Waals surface area (Å²) in [5, 5.41) is 6.94. The molecule has 37 heavy (non-hydrogen) atoms. The average molecular weight is 548 g/mol. The Morgan fingerprint density at radius 3 is 2.43 bits per heavy atom. The van der Waals surface area contributed by atoms with Gasteiger partial charge in [-0.15, -0.1) is 0 Å². The number of carbonyl (C=O) groups is 2. The lowest BCUT2D eigenvalue weighted by Gasteiger charge is -2.21. The lowest BCUT2D eigenvalue weighted by Crippen LogP contribution is -2.37. The van der Waals surface area contributed by atoms with Crippen molar-refractivity contribution < 1.29 is 23.5 Å². The molecule has 2 amide bonds. The zero-order chi connectivity index (χ0) is 26.4. The number of carbonyl (C=O) groups excluding carboxylic acids is 2. The van der Waals surface area contributed by atoms with E-state index in [-0.39, 0.29) is 28.1 Å². The summed E-state index contributed by atoms with van der Waals surface area (Å²) in [7, 11) is 3.21. The van der Waals surface area contributed by atoms with Crippen LogP contribution in [0.1, 0.15) is 34.5 Å². The molecule has 0 saturated heterocycles. The number of amides is 2. The van der Waals surface area contributed by atoms with Gasteiger partial charge in [-0.1, -0.05) is 35.3 Å². The third kappa shape index (κ3) is 6.45. The van der Waals surface area contributed by atoms with Crippen LogP contribution in [0.3, 0.4) is 0 Å². The molecule has 0 fully saturated rings. The largest absolute Gasteiger partial charge is 0.459 e. The molecular formula is C27H31Cl2N3O5. The first kappa shape index (κ1) is 27.4. The van der Waals surface area contributed by atoms with Crippen molar-refractivity contribution in [2.75, 3.05) is 57.7 Å². The molecule has 4 rings (SSSR count). The van der Waals surface area contributed by atoms with Crippen molar-refractivity contribution >= 4 is 57.4 Å². The predicted octanol–water partition coefficient (Wildman–Crippen LogP) is 5.40. The number of ether oxygens (including phenoxy) is 2. The third-order valence-corrected chi connectivity index (χ3v) is 7.12.